The lowest BCUT2D eigenvalue weighted by atomic mass is 10.1. The van der Waals surface area contributed by atoms with E-state index >= 15 is 0 Å². The van der Waals surface area contributed by atoms with E-state index in [1.165, 1.54) is 11.1 Å². The minimum Gasteiger partial charge on any atom is -0.313 e. The fraction of sp³-hybridized carbons (Fsp3) is 0.647. The summed E-state index contributed by atoms with van der Waals surface area (Å²) in [5, 5.41) is 3.36. The molecule has 1 unspecified atom stereocenters. The second-order valence-corrected chi connectivity index (χ2v) is 5.77. The summed E-state index contributed by atoms with van der Waals surface area (Å²) in [6, 6.07) is 9.58. The first-order valence-electron chi connectivity index (χ1n) is 7.74. The Balaban J connectivity index is 2.56. The van der Waals surface area contributed by atoms with E-state index in [1.807, 2.05) is 0 Å². The Morgan fingerprint density at radius 3 is 2.15 bits per heavy atom. The Bertz CT molecular complexity index is 359. The lowest BCUT2D eigenvalue weighted by Gasteiger charge is -2.30. The molecule has 3 heteroatoms. The molecule has 0 heterocycles. The van der Waals surface area contributed by atoms with Crippen molar-refractivity contribution in [2.24, 2.45) is 0 Å². The second kappa shape index (κ2) is 9.11. The lowest BCUT2D eigenvalue weighted by Crippen LogP contribution is -2.39. The van der Waals surface area contributed by atoms with Crippen LogP contribution in [0.1, 0.15) is 31.9 Å². The molecule has 1 N–H and O–H groups in total. The zero-order valence-electron chi connectivity index (χ0n) is 13.8. The minimum atomic E-state index is 0.580. The first-order chi connectivity index (χ1) is 9.56. The number of likely N-dealkylation sites (N-methyl/N-ethyl adjacent to an activating group) is 2. The highest BCUT2D eigenvalue weighted by molar-refractivity contribution is 5.22. The van der Waals surface area contributed by atoms with Crippen LogP contribution in [-0.2, 0) is 13.1 Å². The number of hydrogen-bond donors (Lipinski definition) is 1. The second-order valence-electron chi connectivity index (χ2n) is 5.77. The third-order valence-corrected chi connectivity index (χ3v) is 3.65. The van der Waals surface area contributed by atoms with Gasteiger partial charge in [0.05, 0.1) is 0 Å². The van der Waals surface area contributed by atoms with Gasteiger partial charge >= 0.3 is 0 Å². The summed E-state index contributed by atoms with van der Waals surface area (Å²) in [5.41, 5.74) is 2.76. The molecule has 114 valence electrons. The van der Waals surface area contributed by atoms with Gasteiger partial charge < -0.3 is 10.2 Å². The van der Waals surface area contributed by atoms with Gasteiger partial charge in [0, 0.05) is 25.7 Å². The van der Waals surface area contributed by atoms with Crippen LogP contribution < -0.4 is 5.32 Å². The van der Waals surface area contributed by atoms with Crippen molar-refractivity contribution in [2.45, 2.75) is 39.9 Å². The van der Waals surface area contributed by atoms with Crippen molar-refractivity contribution in [3.8, 4) is 0 Å². The number of nitrogens with one attached hydrogen (secondary N) is 1. The van der Waals surface area contributed by atoms with Crippen molar-refractivity contribution in [2.75, 3.05) is 33.7 Å². The molecule has 0 spiro atoms. The van der Waals surface area contributed by atoms with Crippen molar-refractivity contribution >= 4 is 0 Å². The van der Waals surface area contributed by atoms with E-state index in [-0.39, 0.29) is 0 Å². The van der Waals surface area contributed by atoms with Gasteiger partial charge in [0.1, 0.15) is 0 Å². The summed E-state index contributed by atoms with van der Waals surface area (Å²) < 4.78 is 0. The zero-order chi connectivity index (χ0) is 15.0. The summed E-state index contributed by atoms with van der Waals surface area (Å²) in [7, 11) is 4.28. The van der Waals surface area contributed by atoms with Gasteiger partial charge in [-0.1, -0.05) is 38.1 Å². The van der Waals surface area contributed by atoms with Crippen LogP contribution in [0.25, 0.3) is 0 Å². The first-order valence-corrected chi connectivity index (χ1v) is 7.74. The van der Waals surface area contributed by atoms with E-state index < -0.39 is 0 Å². The number of hydrogen-bond acceptors (Lipinski definition) is 3. The maximum absolute atomic E-state index is 3.36. The average Bonchev–Trinajstić information content (AvgIpc) is 2.42. The van der Waals surface area contributed by atoms with E-state index in [1.54, 1.807) is 0 Å². The van der Waals surface area contributed by atoms with E-state index in [0.717, 1.165) is 32.7 Å². The van der Waals surface area contributed by atoms with Crippen LogP contribution >= 0.6 is 0 Å². The van der Waals surface area contributed by atoms with Gasteiger partial charge in [-0.15, -0.1) is 0 Å². The number of rotatable bonds is 9. The largest absolute Gasteiger partial charge is 0.313 e. The summed E-state index contributed by atoms with van der Waals surface area (Å²) in [6.45, 7) is 11.9. The Kier molecular flexibility index (Phi) is 7.82. The molecule has 0 radical (unpaired) electrons. The maximum atomic E-state index is 3.36. The Hall–Kier alpha value is -0.900. The molecule has 0 bridgehead atoms. The Morgan fingerprint density at radius 2 is 1.65 bits per heavy atom. The molecule has 0 saturated carbocycles. The topological polar surface area (TPSA) is 18.5 Å². The maximum Gasteiger partial charge on any atom is 0.0236 e. The van der Waals surface area contributed by atoms with E-state index in [4.69, 9.17) is 0 Å². The van der Waals surface area contributed by atoms with Gasteiger partial charge in [-0.2, -0.15) is 0 Å². The molecule has 1 atom stereocenters. The van der Waals surface area contributed by atoms with Gasteiger partial charge in [-0.3, -0.25) is 4.90 Å². The fourth-order valence-electron chi connectivity index (χ4n) is 2.49. The highest BCUT2D eigenvalue weighted by atomic mass is 15.2. The van der Waals surface area contributed by atoms with Gasteiger partial charge in [0.25, 0.3) is 0 Å². The van der Waals surface area contributed by atoms with Crippen LogP contribution in [0.15, 0.2) is 24.3 Å². The molecular weight excluding hydrogens is 246 g/mol. The molecule has 20 heavy (non-hydrogen) atoms. The van der Waals surface area contributed by atoms with Crippen LogP contribution in [-0.4, -0.2) is 49.6 Å². The molecule has 0 saturated heterocycles. The molecule has 0 aromatic heterocycles. The average molecular weight is 277 g/mol. The van der Waals surface area contributed by atoms with Crippen molar-refractivity contribution in [1.29, 1.82) is 0 Å². The molecular formula is C17H31N3. The molecule has 1 rings (SSSR count). The molecule has 3 nitrogen and oxygen atoms in total. The molecule has 0 fully saturated rings. The standard InChI is InChI=1S/C17H31N3/c1-6-18-12-16-8-10-17(11-9-16)14-20(7-2)15(3)13-19(4)5/h8-11,15,18H,6-7,12-14H2,1-5H3. The van der Waals surface area contributed by atoms with Crippen molar-refractivity contribution in [3.05, 3.63) is 35.4 Å². The first kappa shape index (κ1) is 17.2. The van der Waals surface area contributed by atoms with E-state index in [2.05, 4.69) is 74.2 Å². The molecule has 1 aromatic carbocycles. The van der Waals surface area contributed by atoms with Crippen LogP contribution in [0.5, 0.6) is 0 Å². The molecule has 0 aliphatic heterocycles. The van der Waals surface area contributed by atoms with Crippen LogP contribution in [0.3, 0.4) is 0 Å². The SMILES string of the molecule is CCNCc1ccc(CN(CC)C(C)CN(C)C)cc1. The van der Waals surface area contributed by atoms with Gasteiger partial charge in [0.15, 0.2) is 0 Å². The van der Waals surface area contributed by atoms with Crippen LogP contribution in [0, 0.1) is 0 Å². The number of nitrogens with zero attached hydrogens (tertiary/aromatic N) is 2. The Labute approximate surface area is 125 Å². The predicted octanol–water partition coefficient (Wildman–Crippen LogP) is 2.57. The summed E-state index contributed by atoms with van der Waals surface area (Å²) in [5.74, 6) is 0. The minimum absolute atomic E-state index is 0.580. The molecule has 0 aliphatic rings. The molecule has 1 aromatic rings. The van der Waals surface area contributed by atoms with Crippen molar-refractivity contribution in [1.82, 2.24) is 15.1 Å². The van der Waals surface area contributed by atoms with Crippen LogP contribution in [0.4, 0.5) is 0 Å². The number of benzene rings is 1. The van der Waals surface area contributed by atoms with Crippen LogP contribution in [0.2, 0.25) is 0 Å². The lowest BCUT2D eigenvalue weighted by molar-refractivity contribution is 0.174. The van der Waals surface area contributed by atoms with E-state index in [9.17, 15) is 0 Å². The molecule has 0 amide bonds. The van der Waals surface area contributed by atoms with Gasteiger partial charge in [0.2, 0.25) is 0 Å². The quantitative estimate of drug-likeness (QED) is 0.748. The summed E-state index contributed by atoms with van der Waals surface area (Å²) in [6.07, 6.45) is 0. The normalized spacial score (nSPS) is 13.2. The van der Waals surface area contributed by atoms with Crippen molar-refractivity contribution in [3.63, 3.8) is 0 Å². The third kappa shape index (κ3) is 6.04. The van der Waals surface area contributed by atoms with Gasteiger partial charge in [-0.05, 0) is 45.2 Å². The zero-order valence-corrected chi connectivity index (χ0v) is 13.8. The summed E-state index contributed by atoms with van der Waals surface area (Å²) >= 11 is 0. The Morgan fingerprint density at radius 1 is 1.05 bits per heavy atom. The van der Waals surface area contributed by atoms with E-state index in [0.29, 0.717) is 6.04 Å². The predicted molar refractivity (Wildman–Crippen MR) is 87.9 cm³/mol. The monoisotopic (exact) mass is 277 g/mol. The molecule has 0 aliphatic carbocycles. The highest BCUT2D eigenvalue weighted by Gasteiger charge is 2.13. The summed E-state index contributed by atoms with van der Waals surface area (Å²) in [4.78, 5) is 4.78. The van der Waals surface area contributed by atoms with Gasteiger partial charge in [-0.25, -0.2) is 0 Å². The van der Waals surface area contributed by atoms with Crippen molar-refractivity contribution < 1.29 is 0 Å². The highest BCUT2D eigenvalue weighted by Crippen LogP contribution is 2.10. The smallest absolute Gasteiger partial charge is 0.0236 e. The fourth-order valence-corrected chi connectivity index (χ4v) is 2.49. The third-order valence-electron chi connectivity index (χ3n) is 3.65.